The van der Waals surface area contributed by atoms with E-state index in [0.29, 0.717) is 10.6 Å². The SMILES string of the molecule is COC(=O)/N=C(/c1ccc([N+](=O)[O-])cc1)N(C(=O)OC)C(=O)c1ccc(OC)cc1. The number of carbonyl (C=O) groups is 3. The molecule has 0 saturated heterocycles. The highest BCUT2D eigenvalue weighted by Crippen LogP contribution is 2.19. The van der Waals surface area contributed by atoms with Gasteiger partial charge in [0, 0.05) is 23.3 Å². The van der Waals surface area contributed by atoms with Crippen LogP contribution in [0.25, 0.3) is 0 Å². The number of nitrogens with zero attached hydrogens (tertiary/aromatic N) is 3. The minimum Gasteiger partial charge on any atom is -0.497 e. The normalized spacial score (nSPS) is 10.7. The molecule has 11 nitrogen and oxygen atoms in total. The van der Waals surface area contributed by atoms with Gasteiger partial charge in [-0.05, 0) is 36.4 Å². The first-order valence-corrected chi connectivity index (χ1v) is 8.30. The number of amidine groups is 1. The lowest BCUT2D eigenvalue weighted by Gasteiger charge is -2.21. The Kier molecular flexibility index (Phi) is 7.17. The molecular weight excluding hydrogens is 398 g/mol. The number of ether oxygens (including phenoxy) is 3. The Labute approximate surface area is 170 Å². The number of rotatable bonds is 4. The molecule has 0 saturated carbocycles. The number of carbonyl (C=O) groups excluding carboxylic acids is 3. The third-order valence-electron chi connectivity index (χ3n) is 3.82. The first-order valence-electron chi connectivity index (χ1n) is 8.30. The molecule has 0 radical (unpaired) electrons. The molecule has 0 aliphatic carbocycles. The van der Waals surface area contributed by atoms with Gasteiger partial charge in [0.1, 0.15) is 5.75 Å². The van der Waals surface area contributed by atoms with Crippen LogP contribution in [-0.2, 0) is 9.47 Å². The Hall–Kier alpha value is -4.28. The van der Waals surface area contributed by atoms with E-state index >= 15 is 0 Å². The van der Waals surface area contributed by atoms with Gasteiger partial charge < -0.3 is 14.2 Å². The molecule has 156 valence electrons. The molecule has 0 bridgehead atoms. The van der Waals surface area contributed by atoms with Crippen molar-refractivity contribution in [2.45, 2.75) is 0 Å². The summed E-state index contributed by atoms with van der Waals surface area (Å²) in [6, 6.07) is 10.6. The van der Waals surface area contributed by atoms with Crippen molar-refractivity contribution in [3.8, 4) is 5.75 Å². The van der Waals surface area contributed by atoms with Crippen LogP contribution in [0.3, 0.4) is 0 Å². The Balaban J connectivity index is 2.59. The minimum absolute atomic E-state index is 0.0678. The van der Waals surface area contributed by atoms with Gasteiger partial charge in [-0.25, -0.2) is 9.59 Å². The fourth-order valence-electron chi connectivity index (χ4n) is 2.33. The Morgan fingerprint density at radius 1 is 0.900 bits per heavy atom. The summed E-state index contributed by atoms with van der Waals surface area (Å²) in [6.07, 6.45) is -2.23. The number of amides is 3. The second kappa shape index (κ2) is 9.78. The zero-order valence-electron chi connectivity index (χ0n) is 16.2. The van der Waals surface area contributed by atoms with E-state index < -0.39 is 28.9 Å². The van der Waals surface area contributed by atoms with Crippen LogP contribution in [0.2, 0.25) is 0 Å². The highest BCUT2D eigenvalue weighted by atomic mass is 16.6. The molecule has 0 atom stereocenters. The number of nitro groups is 1. The number of methoxy groups -OCH3 is 3. The molecule has 0 aliphatic rings. The van der Waals surface area contributed by atoms with Crippen molar-refractivity contribution in [1.29, 1.82) is 0 Å². The number of imide groups is 1. The van der Waals surface area contributed by atoms with Gasteiger partial charge in [-0.15, -0.1) is 0 Å². The first kappa shape index (κ1) is 22.0. The number of aliphatic imine (C=N–C) groups is 1. The molecule has 0 aromatic heterocycles. The summed E-state index contributed by atoms with van der Waals surface area (Å²) < 4.78 is 14.2. The van der Waals surface area contributed by atoms with E-state index in [4.69, 9.17) is 4.74 Å². The molecule has 30 heavy (non-hydrogen) atoms. The molecule has 2 rings (SSSR count). The van der Waals surface area contributed by atoms with E-state index in [0.717, 1.165) is 26.4 Å². The zero-order chi connectivity index (χ0) is 22.3. The van der Waals surface area contributed by atoms with Crippen molar-refractivity contribution in [3.05, 3.63) is 69.8 Å². The van der Waals surface area contributed by atoms with E-state index in [1.807, 2.05) is 0 Å². The largest absolute Gasteiger partial charge is 0.497 e. The topological polar surface area (TPSA) is 138 Å². The lowest BCUT2D eigenvalue weighted by atomic mass is 10.1. The number of nitro benzene ring substituents is 1. The van der Waals surface area contributed by atoms with Gasteiger partial charge in [-0.3, -0.25) is 14.9 Å². The van der Waals surface area contributed by atoms with Gasteiger partial charge in [-0.1, -0.05) is 0 Å². The standard InChI is InChI=1S/C19H17N3O8/c1-28-15-10-6-13(7-11-15)17(23)21(19(25)30-3)16(20-18(24)29-2)12-4-8-14(9-5-12)22(26)27/h4-11H,1-3H3/b20-16-. The number of benzene rings is 2. The van der Waals surface area contributed by atoms with Crippen LogP contribution in [0.4, 0.5) is 15.3 Å². The van der Waals surface area contributed by atoms with E-state index in [2.05, 4.69) is 14.5 Å². The summed E-state index contributed by atoms with van der Waals surface area (Å²) in [5, 5.41) is 10.9. The Bertz CT molecular complexity index is 984. The van der Waals surface area contributed by atoms with Gasteiger partial charge in [0.25, 0.3) is 11.6 Å². The predicted molar refractivity (Wildman–Crippen MR) is 104 cm³/mol. The number of hydrogen-bond acceptors (Lipinski definition) is 8. The van der Waals surface area contributed by atoms with Crippen LogP contribution in [0.5, 0.6) is 5.75 Å². The van der Waals surface area contributed by atoms with Crippen LogP contribution < -0.4 is 4.74 Å². The van der Waals surface area contributed by atoms with E-state index in [1.165, 1.54) is 43.5 Å². The molecule has 3 amide bonds. The Morgan fingerprint density at radius 3 is 1.93 bits per heavy atom. The van der Waals surface area contributed by atoms with E-state index in [-0.39, 0.29) is 16.8 Å². The third-order valence-corrected chi connectivity index (χ3v) is 3.82. The maximum atomic E-state index is 13.0. The monoisotopic (exact) mass is 415 g/mol. The van der Waals surface area contributed by atoms with Crippen LogP contribution in [0.15, 0.2) is 53.5 Å². The fraction of sp³-hybridized carbons (Fsp3) is 0.158. The molecule has 0 heterocycles. The molecule has 0 N–H and O–H groups in total. The van der Waals surface area contributed by atoms with Crippen molar-refractivity contribution in [1.82, 2.24) is 4.90 Å². The van der Waals surface area contributed by atoms with Gasteiger partial charge >= 0.3 is 12.2 Å². The fourth-order valence-corrected chi connectivity index (χ4v) is 2.33. The van der Waals surface area contributed by atoms with Crippen LogP contribution in [-0.4, -0.2) is 55.1 Å². The van der Waals surface area contributed by atoms with Gasteiger partial charge in [0.15, 0.2) is 5.84 Å². The van der Waals surface area contributed by atoms with Crippen molar-refractivity contribution in [2.75, 3.05) is 21.3 Å². The molecular formula is C19H17N3O8. The zero-order valence-corrected chi connectivity index (χ0v) is 16.2. The summed E-state index contributed by atoms with van der Waals surface area (Å²) >= 11 is 0. The number of non-ortho nitro benzene ring substituents is 1. The average molecular weight is 415 g/mol. The second-order valence-electron chi connectivity index (χ2n) is 5.55. The van der Waals surface area contributed by atoms with Crippen molar-refractivity contribution in [3.63, 3.8) is 0 Å². The molecule has 0 spiro atoms. The van der Waals surface area contributed by atoms with Gasteiger partial charge in [0.05, 0.1) is 26.3 Å². The van der Waals surface area contributed by atoms with E-state index in [1.54, 1.807) is 0 Å². The van der Waals surface area contributed by atoms with Crippen molar-refractivity contribution < 1.29 is 33.5 Å². The van der Waals surface area contributed by atoms with Crippen molar-refractivity contribution in [2.24, 2.45) is 4.99 Å². The molecule has 0 fully saturated rings. The summed E-state index contributed by atoms with van der Waals surface area (Å²) in [5.41, 5.74) is -0.0961. The molecule has 0 aliphatic heterocycles. The van der Waals surface area contributed by atoms with Crippen molar-refractivity contribution >= 4 is 29.6 Å². The average Bonchev–Trinajstić information content (AvgIpc) is 2.78. The third kappa shape index (κ3) is 4.95. The molecule has 11 heteroatoms. The van der Waals surface area contributed by atoms with Crippen LogP contribution in [0.1, 0.15) is 15.9 Å². The smallest absolute Gasteiger partial charge is 0.435 e. The summed E-state index contributed by atoms with van der Waals surface area (Å²) in [5.74, 6) is -0.801. The molecule has 0 unspecified atom stereocenters. The second-order valence-corrected chi connectivity index (χ2v) is 5.55. The number of hydrogen-bond donors (Lipinski definition) is 0. The maximum Gasteiger partial charge on any atom is 0.435 e. The van der Waals surface area contributed by atoms with Crippen LogP contribution in [0, 0.1) is 10.1 Å². The quantitative estimate of drug-likeness (QED) is 0.321. The summed E-state index contributed by atoms with van der Waals surface area (Å²) in [7, 11) is 3.56. The molecule has 2 aromatic rings. The maximum absolute atomic E-state index is 13.0. The lowest BCUT2D eigenvalue weighted by Crippen LogP contribution is -2.42. The van der Waals surface area contributed by atoms with Gasteiger partial charge in [0.2, 0.25) is 0 Å². The predicted octanol–water partition coefficient (Wildman–Crippen LogP) is 3.03. The van der Waals surface area contributed by atoms with Crippen LogP contribution >= 0.6 is 0 Å². The highest BCUT2D eigenvalue weighted by Gasteiger charge is 2.31. The lowest BCUT2D eigenvalue weighted by molar-refractivity contribution is -0.384. The summed E-state index contributed by atoms with van der Waals surface area (Å²) in [6.45, 7) is 0. The first-order chi connectivity index (χ1) is 14.3. The van der Waals surface area contributed by atoms with Gasteiger partial charge in [-0.2, -0.15) is 9.89 Å². The molecule has 2 aromatic carbocycles. The minimum atomic E-state index is -1.13. The summed E-state index contributed by atoms with van der Waals surface area (Å²) in [4.78, 5) is 51.7. The van der Waals surface area contributed by atoms with E-state index in [9.17, 15) is 24.5 Å². The highest BCUT2D eigenvalue weighted by molar-refractivity contribution is 6.22. The Morgan fingerprint density at radius 2 is 1.47 bits per heavy atom.